The molecule has 1 aromatic rings. The Morgan fingerprint density at radius 2 is 2.09 bits per heavy atom. The van der Waals surface area contributed by atoms with Gasteiger partial charge in [-0.05, 0) is 43.5 Å². The molecule has 1 saturated heterocycles. The molecule has 0 saturated carbocycles. The van der Waals surface area contributed by atoms with Gasteiger partial charge < -0.3 is 15.4 Å². The van der Waals surface area contributed by atoms with Gasteiger partial charge in [0.05, 0.1) is 19.8 Å². The predicted octanol–water partition coefficient (Wildman–Crippen LogP) is 2.89. The van der Waals surface area contributed by atoms with E-state index in [1.807, 2.05) is 13.0 Å². The van der Waals surface area contributed by atoms with E-state index in [1.165, 1.54) is 6.07 Å². The average Bonchev–Trinajstić information content (AvgIpc) is 2.45. The number of rotatable bonds is 6. The minimum atomic E-state index is -0.180. The number of nitrogens with zero attached hydrogens (tertiary/aromatic N) is 1. The van der Waals surface area contributed by atoms with Crippen LogP contribution in [0.1, 0.15) is 25.0 Å². The number of guanidine groups is 1. The van der Waals surface area contributed by atoms with Gasteiger partial charge in [-0.3, -0.25) is 4.99 Å². The molecular formula is C17H27FIN3O. The Morgan fingerprint density at radius 3 is 2.65 bits per heavy atom. The van der Waals surface area contributed by atoms with E-state index in [2.05, 4.69) is 29.5 Å². The third-order valence-electron chi connectivity index (χ3n) is 3.86. The summed E-state index contributed by atoms with van der Waals surface area (Å²) in [5.41, 5.74) is 2.32. The van der Waals surface area contributed by atoms with Crippen LogP contribution in [-0.2, 0) is 11.2 Å². The van der Waals surface area contributed by atoms with E-state index >= 15 is 0 Å². The van der Waals surface area contributed by atoms with Crippen LogP contribution >= 0.6 is 24.0 Å². The van der Waals surface area contributed by atoms with Crippen LogP contribution in [0.25, 0.3) is 0 Å². The van der Waals surface area contributed by atoms with Gasteiger partial charge in [0, 0.05) is 18.5 Å². The number of hydrogen-bond donors (Lipinski definition) is 2. The highest BCUT2D eigenvalue weighted by Crippen LogP contribution is 2.26. The monoisotopic (exact) mass is 435 g/mol. The normalized spacial score (nSPS) is 16.3. The van der Waals surface area contributed by atoms with Crippen molar-refractivity contribution in [1.82, 2.24) is 10.6 Å². The molecule has 0 unspecified atom stereocenters. The molecule has 0 aliphatic carbocycles. The molecule has 0 spiro atoms. The molecule has 6 heteroatoms. The highest BCUT2D eigenvalue weighted by Gasteiger charge is 2.33. The molecule has 0 bridgehead atoms. The molecule has 0 aromatic heterocycles. The van der Waals surface area contributed by atoms with E-state index < -0.39 is 0 Å². The fourth-order valence-electron chi connectivity index (χ4n) is 2.41. The zero-order valence-corrected chi connectivity index (χ0v) is 16.4. The highest BCUT2D eigenvalue weighted by atomic mass is 127. The maximum Gasteiger partial charge on any atom is 0.191 e. The summed E-state index contributed by atoms with van der Waals surface area (Å²) in [5, 5.41) is 6.59. The van der Waals surface area contributed by atoms with E-state index in [-0.39, 0.29) is 35.2 Å². The zero-order valence-electron chi connectivity index (χ0n) is 14.1. The van der Waals surface area contributed by atoms with Gasteiger partial charge in [-0.2, -0.15) is 0 Å². The van der Waals surface area contributed by atoms with Crippen molar-refractivity contribution in [1.29, 1.82) is 0 Å². The molecule has 1 fully saturated rings. The van der Waals surface area contributed by atoms with Gasteiger partial charge in [0.1, 0.15) is 5.82 Å². The first-order valence-electron chi connectivity index (χ1n) is 7.87. The number of aliphatic imine (C=N–C) groups is 1. The number of hydrogen-bond acceptors (Lipinski definition) is 2. The van der Waals surface area contributed by atoms with Gasteiger partial charge in [-0.1, -0.05) is 13.0 Å². The maximum absolute atomic E-state index is 13.1. The van der Waals surface area contributed by atoms with E-state index in [0.717, 1.165) is 56.4 Å². The lowest BCUT2D eigenvalue weighted by atomic mass is 9.89. The van der Waals surface area contributed by atoms with Crippen LogP contribution < -0.4 is 10.6 Å². The minimum absolute atomic E-state index is 0. The van der Waals surface area contributed by atoms with Crippen LogP contribution in [0.4, 0.5) is 4.39 Å². The van der Waals surface area contributed by atoms with Crippen molar-refractivity contribution in [2.24, 2.45) is 10.4 Å². The Morgan fingerprint density at radius 1 is 1.35 bits per heavy atom. The fourth-order valence-corrected chi connectivity index (χ4v) is 2.41. The SMILES string of the molecule is CCNC(=NCC1(C)COC1)NCCc1ccc(F)cc1C.I. The lowest BCUT2D eigenvalue weighted by molar-refractivity contribution is -0.0945. The second-order valence-corrected chi connectivity index (χ2v) is 6.25. The van der Waals surface area contributed by atoms with Crippen molar-refractivity contribution in [3.05, 3.63) is 35.1 Å². The standard InChI is InChI=1S/C17H26FN3O.HI/c1-4-19-16(21-10-17(3)11-22-12-17)20-8-7-14-5-6-15(18)9-13(14)2;/h5-6,9H,4,7-8,10-12H2,1-3H3,(H2,19,20,21);1H. The van der Waals surface area contributed by atoms with E-state index in [9.17, 15) is 4.39 Å². The predicted molar refractivity (Wildman–Crippen MR) is 103 cm³/mol. The first kappa shape index (κ1) is 20.2. The molecule has 0 radical (unpaired) electrons. The van der Waals surface area contributed by atoms with Crippen LogP contribution in [-0.4, -0.2) is 38.8 Å². The number of halogens is 2. The number of nitrogens with one attached hydrogen (secondary N) is 2. The Bertz CT molecular complexity index is 533. The summed E-state index contributed by atoms with van der Waals surface area (Å²) in [7, 11) is 0. The van der Waals surface area contributed by atoms with Gasteiger partial charge in [-0.15, -0.1) is 24.0 Å². The molecular weight excluding hydrogens is 408 g/mol. The Hall–Kier alpha value is -0.890. The molecule has 4 nitrogen and oxygen atoms in total. The summed E-state index contributed by atoms with van der Waals surface area (Å²) >= 11 is 0. The lowest BCUT2D eigenvalue weighted by Gasteiger charge is -2.36. The minimum Gasteiger partial charge on any atom is -0.380 e. The number of ether oxygens (including phenoxy) is 1. The van der Waals surface area contributed by atoms with Crippen LogP contribution in [0.5, 0.6) is 0 Å². The quantitative estimate of drug-likeness (QED) is 0.411. The van der Waals surface area contributed by atoms with E-state index in [4.69, 9.17) is 4.74 Å². The second kappa shape index (κ2) is 9.42. The molecule has 2 rings (SSSR count). The average molecular weight is 435 g/mol. The first-order chi connectivity index (χ1) is 10.5. The third-order valence-corrected chi connectivity index (χ3v) is 3.86. The summed E-state index contributed by atoms with van der Waals surface area (Å²) < 4.78 is 18.3. The molecule has 0 atom stereocenters. The van der Waals surface area contributed by atoms with Crippen molar-refractivity contribution in [3.63, 3.8) is 0 Å². The lowest BCUT2D eigenvalue weighted by Crippen LogP contribution is -2.44. The van der Waals surface area contributed by atoms with Crippen molar-refractivity contribution in [2.45, 2.75) is 27.2 Å². The van der Waals surface area contributed by atoms with Crippen molar-refractivity contribution in [2.75, 3.05) is 32.8 Å². The van der Waals surface area contributed by atoms with Crippen LogP contribution in [0.2, 0.25) is 0 Å². The fraction of sp³-hybridized carbons (Fsp3) is 0.588. The molecule has 1 aliphatic rings. The number of benzene rings is 1. The highest BCUT2D eigenvalue weighted by molar-refractivity contribution is 14.0. The molecule has 130 valence electrons. The topological polar surface area (TPSA) is 45.7 Å². The summed E-state index contributed by atoms with van der Waals surface area (Å²) in [4.78, 5) is 4.63. The van der Waals surface area contributed by atoms with Gasteiger partial charge in [0.15, 0.2) is 5.96 Å². The molecule has 1 aromatic carbocycles. The Labute approximate surface area is 155 Å². The smallest absolute Gasteiger partial charge is 0.191 e. The Kier molecular flexibility index (Phi) is 8.25. The maximum atomic E-state index is 13.1. The van der Waals surface area contributed by atoms with Crippen LogP contribution in [0.3, 0.4) is 0 Å². The molecule has 0 amide bonds. The summed E-state index contributed by atoms with van der Waals surface area (Å²) in [6.45, 7) is 10.1. The van der Waals surface area contributed by atoms with E-state index in [1.54, 1.807) is 6.07 Å². The van der Waals surface area contributed by atoms with Crippen molar-refractivity contribution < 1.29 is 9.13 Å². The molecule has 1 heterocycles. The van der Waals surface area contributed by atoms with Crippen LogP contribution in [0, 0.1) is 18.2 Å². The number of aryl methyl sites for hydroxylation is 1. The summed E-state index contributed by atoms with van der Waals surface area (Å²) in [6, 6.07) is 4.94. The largest absolute Gasteiger partial charge is 0.380 e. The van der Waals surface area contributed by atoms with Gasteiger partial charge in [0.2, 0.25) is 0 Å². The second-order valence-electron chi connectivity index (χ2n) is 6.25. The molecule has 23 heavy (non-hydrogen) atoms. The summed E-state index contributed by atoms with van der Waals surface area (Å²) in [5.74, 6) is 0.649. The van der Waals surface area contributed by atoms with Crippen molar-refractivity contribution in [3.8, 4) is 0 Å². The van der Waals surface area contributed by atoms with Gasteiger partial charge in [-0.25, -0.2) is 4.39 Å². The van der Waals surface area contributed by atoms with Gasteiger partial charge in [0.25, 0.3) is 0 Å². The Balaban J connectivity index is 0.00000264. The molecule has 1 aliphatic heterocycles. The van der Waals surface area contributed by atoms with Crippen LogP contribution in [0.15, 0.2) is 23.2 Å². The molecule has 2 N–H and O–H groups in total. The van der Waals surface area contributed by atoms with E-state index in [0.29, 0.717) is 0 Å². The zero-order chi connectivity index (χ0) is 16.0. The van der Waals surface area contributed by atoms with Crippen molar-refractivity contribution >= 4 is 29.9 Å². The third kappa shape index (κ3) is 6.25. The van der Waals surface area contributed by atoms with Gasteiger partial charge >= 0.3 is 0 Å². The summed E-state index contributed by atoms with van der Waals surface area (Å²) in [6.07, 6.45) is 0.844. The first-order valence-corrected chi connectivity index (χ1v) is 7.87.